The van der Waals surface area contributed by atoms with Gasteiger partial charge in [-0.1, -0.05) is 38.8 Å². The first kappa shape index (κ1) is 13.0. The maximum Gasteiger partial charge on any atom is 0.0702 e. The molecule has 0 radical (unpaired) electrons. The monoisotopic (exact) mass is 242 g/mol. The fraction of sp³-hybridized carbons (Fsp3) is 0.438. The third-order valence-electron chi connectivity index (χ3n) is 3.33. The first-order valence-corrected chi connectivity index (χ1v) is 6.93. The minimum atomic E-state index is 0.472. The van der Waals surface area contributed by atoms with Gasteiger partial charge in [-0.05, 0) is 36.7 Å². The molecule has 1 aromatic carbocycles. The number of nitrogens with zero attached hydrogens (tertiary/aromatic N) is 1. The van der Waals surface area contributed by atoms with Crippen LogP contribution < -0.4 is 5.32 Å². The van der Waals surface area contributed by atoms with E-state index < -0.39 is 0 Å². The van der Waals surface area contributed by atoms with Crippen molar-refractivity contribution in [2.45, 2.75) is 39.2 Å². The second kappa shape index (κ2) is 6.50. The Morgan fingerprint density at radius 3 is 2.89 bits per heavy atom. The van der Waals surface area contributed by atoms with Crippen LogP contribution in [-0.4, -0.2) is 11.5 Å². The van der Waals surface area contributed by atoms with Gasteiger partial charge in [-0.3, -0.25) is 4.98 Å². The van der Waals surface area contributed by atoms with Crippen LogP contribution in [0.4, 0.5) is 0 Å². The summed E-state index contributed by atoms with van der Waals surface area (Å²) >= 11 is 0. The van der Waals surface area contributed by atoms with Crippen LogP contribution in [0.5, 0.6) is 0 Å². The summed E-state index contributed by atoms with van der Waals surface area (Å²) in [6, 6.07) is 11.2. The van der Waals surface area contributed by atoms with Crippen LogP contribution in [-0.2, 0) is 0 Å². The van der Waals surface area contributed by atoms with Crippen molar-refractivity contribution in [2.75, 3.05) is 6.54 Å². The Hall–Kier alpha value is -1.41. The summed E-state index contributed by atoms with van der Waals surface area (Å²) in [5.41, 5.74) is 2.46. The molecular formula is C16H22N2. The Morgan fingerprint density at radius 2 is 2.11 bits per heavy atom. The maximum absolute atomic E-state index is 4.37. The van der Waals surface area contributed by atoms with E-state index in [9.17, 15) is 0 Å². The van der Waals surface area contributed by atoms with Gasteiger partial charge < -0.3 is 5.32 Å². The molecule has 2 heteroatoms. The lowest BCUT2D eigenvalue weighted by molar-refractivity contribution is 0.495. The molecule has 0 amide bonds. The number of hydrogen-bond acceptors (Lipinski definition) is 2. The lowest BCUT2D eigenvalue weighted by Crippen LogP contribution is -2.20. The summed E-state index contributed by atoms with van der Waals surface area (Å²) in [4.78, 5) is 4.37. The molecule has 0 aliphatic heterocycles. The molecule has 1 heterocycles. The number of nitrogens with one attached hydrogen (secondary N) is 1. The average molecular weight is 242 g/mol. The zero-order valence-corrected chi connectivity index (χ0v) is 11.3. The van der Waals surface area contributed by atoms with Crippen LogP contribution in [0, 0.1) is 0 Å². The zero-order chi connectivity index (χ0) is 12.8. The van der Waals surface area contributed by atoms with Crippen molar-refractivity contribution in [2.24, 2.45) is 0 Å². The van der Waals surface area contributed by atoms with Crippen molar-refractivity contribution >= 4 is 10.9 Å². The quantitative estimate of drug-likeness (QED) is 0.825. The minimum absolute atomic E-state index is 0.472. The molecule has 1 unspecified atom stereocenters. The molecule has 0 fully saturated rings. The van der Waals surface area contributed by atoms with Gasteiger partial charge in [0.15, 0.2) is 0 Å². The minimum Gasteiger partial charge on any atom is -0.310 e. The topological polar surface area (TPSA) is 24.9 Å². The van der Waals surface area contributed by atoms with E-state index in [4.69, 9.17) is 0 Å². The van der Waals surface area contributed by atoms with Gasteiger partial charge in [0.05, 0.1) is 5.52 Å². The van der Waals surface area contributed by atoms with E-state index in [1.54, 1.807) is 0 Å². The number of pyridine rings is 1. The Morgan fingerprint density at radius 1 is 1.22 bits per heavy atom. The van der Waals surface area contributed by atoms with E-state index in [-0.39, 0.29) is 0 Å². The Kier molecular flexibility index (Phi) is 4.71. The molecule has 0 bridgehead atoms. The van der Waals surface area contributed by atoms with Crippen LogP contribution in [0.2, 0.25) is 0 Å². The van der Waals surface area contributed by atoms with E-state index >= 15 is 0 Å². The van der Waals surface area contributed by atoms with E-state index in [0.717, 1.165) is 12.1 Å². The Labute approximate surface area is 109 Å². The van der Waals surface area contributed by atoms with Crippen molar-refractivity contribution in [1.29, 1.82) is 0 Å². The summed E-state index contributed by atoms with van der Waals surface area (Å²) in [6.45, 7) is 5.42. The molecule has 0 saturated carbocycles. The molecule has 0 aliphatic rings. The normalized spacial score (nSPS) is 12.8. The SMILES string of the molecule is CCCCC(NCC)c1ccc2ncccc2c1. The fourth-order valence-electron chi connectivity index (χ4n) is 2.35. The highest BCUT2D eigenvalue weighted by Crippen LogP contribution is 2.23. The van der Waals surface area contributed by atoms with Gasteiger partial charge in [-0.15, -0.1) is 0 Å². The van der Waals surface area contributed by atoms with Gasteiger partial charge in [0, 0.05) is 17.6 Å². The molecular weight excluding hydrogens is 220 g/mol. The van der Waals surface area contributed by atoms with Gasteiger partial charge >= 0.3 is 0 Å². The van der Waals surface area contributed by atoms with Crippen molar-refractivity contribution in [1.82, 2.24) is 10.3 Å². The second-order valence-corrected chi connectivity index (χ2v) is 4.71. The zero-order valence-electron chi connectivity index (χ0n) is 11.3. The highest BCUT2D eigenvalue weighted by atomic mass is 14.9. The Balaban J connectivity index is 2.25. The van der Waals surface area contributed by atoms with Crippen molar-refractivity contribution in [3.8, 4) is 0 Å². The second-order valence-electron chi connectivity index (χ2n) is 4.71. The van der Waals surface area contributed by atoms with E-state index in [2.05, 4.69) is 48.4 Å². The van der Waals surface area contributed by atoms with E-state index in [1.807, 2.05) is 12.3 Å². The third-order valence-corrected chi connectivity index (χ3v) is 3.33. The van der Waals surface area contributed by atoms with Gasteiger partial charge in [0.25, 0.3) is 0 Å². The molecule has 2 aromatic rings. The average Bonchev–Trinajstić information content (AvgIpc) is 2.43. The third kappa shape index (κ3) is 3.08. The smallest absolute Gasteiger partial charge is 0.0702 e. The molecule has 0 saturated heterocycles. The molecule has 1 aromatic heterocycles. The summed E-state index contributed by atoms with van der Waals surface area (Å²) in [5.74, 6) is 0. The van der Waals surface area contributed by atoms with Crippen molar-refractivity contribution in [3.63, 3.8) is 0 Å². The van der Waals surface area contributed by atoms with E-state index in [0.29, 0.717) is 6.04 Å². The van der Waals surface area contributed by atoms with Crippen LogP contribution >= 0.6 is 0 Å². The van der Waals surface area contributed by atoms with Gasteiger partial charge in [-0.25, -0.2) is 0 Å². The molecule has 2 rings (SSSR count). The number of aromatic nitrogens is 1. The van der Waals surface area contributed by atoms with Crippen molar-refractivity contribution < 1.29 is 0 Å². The predicted molar refractivity (Wildman–Crippen MR) is 77.7 cm³/mol. The lowest BCUT2D eigenvalue weighted by atomic mass is 9.99. The summed E-state index contributed by atoms with van der Waals surface area (Å²) < 4.78 is 0. The highest BCUT2D eigenvalue weighted by molar-refractivity contribution is 5.79. The molecule has 1 N–H and O–H groups in total. The van der Waals surface area contributed by atoms with Crippen LogP contribution in [0.3, 0.4) is 0 Å². The fourth-order valence-corrected chi connectivity index (χ4v) is 2.35. The Bertz CT molecular complexity index is 493. The van der Waals surface area contributed by atoms with Crippen LogP contribution in [0.1, 0.15) is 44.7 Å². The first-order chi connectivity index (χ1) is 8.85. The highest BCUT2D eigenvalue weighted by Gasteiger charge is 2.10. The number of hydrogen-bond donors (Lipinski definition) is 1. The number of unbranched alkanes of at least 4 members (excludes halogenated alkanes) is 1. The maximum atomic E-state index is 4.37. The van der Waals surface area contributed by atoms with Gasteiger partial charge in [-0.2, -0.15) is 0 Å². The number of benzene rings is 1. The number of rotatable bonds is 6. The van der Waals surface area contributed by atoms with Gasteiger partial charge in [0.1, 0.15) is 0 Å². The number of fused-ring (bicyclic) bond motifs is 1. The largest absolute Gasteiger partial charge is 0.310 e. The molecule has 1 atom stereocenters. The van der Waals surface area contributed by atoms with Crippen molar-refractivity contribution in [3.05, 3.63) is 42.1 Å². The van der Waals surface area contributed by atoms with E-state index in [1.165, 1.54) is 30.2 Å². The lowest BCUT2D eigenvalue weighted by Gasteiger charge is -2.18. The molecule has 18 heavy (non-hydrogen) atoms. The first-order valence-electron chi connectivity index (χ1n) is 6.93. The van der Waals surface area contributed by atoms with Crippen LogP contribution in [0.15, 0.2) is 36.5 Å². The molecule has 2 nitrogen and oxygen atoms in total. The summed E-state index contributed by atoms with van der Waals surface area (Å²) in [5, 5.41) is 4.81. The van der Waals surface area contributed by atoms with Gasteiger partial charge in [0.2, 0.25) is 0 Å². The molecule has 0 spiro atoms. The predicted octanol–water partition coefficient (Wildman–Crippen LogP) is 4.08. The summed E-state index contributed by atoms with van der Waals surface area (Å²) in [6.07, 6.45) is 5.57. The van der Waals surface area contributed by atoms with Crippen LogP contribution in [0.25, 0.3) is 10.9 Å². The summed E-state index contributed by atoms with van der Waals surface area (Å²) in [7, 11) is 0. The molecule has 96 valence electrons. The standard InChI is InChI=1S/C16H22N2/c1-3-5-8-15(17-4-2)14-9-10-16-13(12-14)7-6-11-18-16/h6-7,9-12,15,17H,3-5,8H2,1-2H3. The molecule has 0 aliphatic carbocycles.